The highest BCUT2D eigenvalue weighted by Crippen LogP contribution is 2.24. The molecule has 1 unspecified atom stereocenters. The summed E-state index contributed by atoms with van der Waals surface area (Å²) in [6.45, 7) is 0.838. The fourth-order valence-electron chi connectivity index (χ4n) is 1.79. The summed E-state index contributed by atoms with van der Waals surface area (Å²) in [4.78, 5) is 14.7. The number of nitrogens with two attached hydrogens (primary N) is 1. The van der Waals surface area contributed by atoms with Crippen LogP contribution in [-0.4, -0.2) is 28.8 Å². The van der Waals surface area contributed by atoms with Gasteiger partial charge in [0.1, 0.15) is 5.00 Å². The molecule has 0 radical (unpaired) electrons. The van der Waals surface area contributed by atoms with Crippen LogP contribution < -0.4 is 5.73 Å². The monoisotopic (exact) mass is 242 g/mol. The number of carbonyl (C=O) groups is 1. The minimum absolute atomic E-state index is 0.0210. The lowest BCUT2D eigenvalue weighted by Crippen LogP contribution is -2.06. The topological polar surface area (TPSA) is 85.4 Å². The standard InChI is InChI=1S/C10H14N2O3S/c11-9-8(10(13)14)12-7(16-9)4-3-6-2-1-5-15-6/h6H,1-5,11H2,(H,13,14). The highest BCUT2D eigenvalue weighted by molar-refractivity contribution is 7.15. The van der Waals surface area contributed by atoms with E-state index in [0.717, 1.165) is 37.3 Å². The molecule has 1 aromatic heterocycles. The normalized spacial score (nSPS) is 20.1. The first-order valence-corrected chi connectivity index (χ1v) is 6.08. The van der Waals surface area contributed by atoms with Crippen molar-refractivity contribution in [2.45, 2.75) is 31.8 Å². The van der Waals surface area contributed by atoms with Crippen LogP contribution in [0.25, 0.3) is 0 Å². The zero-order chi connectivity index (χ0) is 11.5. The number of ether oxygens (including phenoxy) is 1. The molecule has 3 N–H and O–H groups in total. The number of thiazole rings is 1. The Bertz CT molecular complexity index is 385. The second-order valence-electron chi connectivity index (χ2n) is 3.80. The fourth-order valence-corrected chi connectivity index (χ4v) is 2.63. The summed E-state index contributed by atoms with van der Waals surface area (Å²) in [5.41, 5.74) is 5.55. The second-order valence-corrected chi connectivity index (χ2v) is 4.91. The van der Waals surface area contributed by atoms with Gasteiger partial charge in [-0.15, -0.1) is 11.3 Å². The Morgan fingerprint density at radius 2 is 2.50 bits per heavy atom. The number of anilines is 1. The third-order valence-corrected chi connectivity index (χ3v) is 3.55. The van der Waals surface area contributed by atoms with Gasteiger partial charge in [-0.25, -0.2) is 9.78 Å². The van der Waals surface area contributed by atoms with Gasteiger partial charge in [0.05, 0.1) is 11.1 Å². The van der Waals surface area contributed by atoms with Crippen LogP contribution in [0.3, 0.4) is 0 Å². The van der Waals surface area contributed by atoms with Crippen LogP contribution in [0.4, 0.5) is 5.00 Å². The highest BCUT2D eigenvalue weighted by Gasteiger charge is 2.18. The summed E-state index contributed by atoms with van der Waals surface area (Å²) in [7, 11) is 0. The van der Waals surface area contributed by atoms with Gasteiger partial charge in [0.25, 0.3) is 0 Å². The van der Waals surface area contributed by atoms with E-state index < -0.39 is 5.97 Å². The van der Waals surface area contributed by atoms with Crippen molar-refractivity contribution in [2.75, 3.05) is 12.3 Å². The molecule has 0 aliphatic carbocycles. The number of nitrogens with zero attached hydrogens (tertiary/aromatic N) is 1. The van der Waals surface area contributed by atoms with Crippen LogP contribution >= 0.6 is 11.3 Å². The molecule has 1 aliphatic rings. The molecular formula is C10H14N2O3S. The maximum Gasteiger partial charge on any atom is 0.357 e. The molecule has 2 heterocycles. The average molecular weight is 242 g/mol. The lowest BCUT2D eigenvalue weighted by Gasteiger charge is -2.06. The number of carboxylic acid groups (broad SMARTS) is 1. The van der Waals surface area contributed by atoms with Crippen LogP contribution in [0.1, 0.15) is 34.8 Å². The number of rotatable bonds is 4. The van der Waals surface area contributed by atoms with E-state index in [2.05, 4.69) is 4.98 Å². The number of aromatic nitrogens is 1. The van der Waals surface area contributed by atoms with E-state index in [9.17, 15) is 4.79 Å². The molecule has 5 nitrogen and oxygen atoms in total. The molecule has 1 aromatic rings. The Labute approximate surface area is 97.2 Å². The van der Waals surface area contributed by atoms with Crippen molar-refractivity contribution in [3.8, 4) is 0 Å². The highest BCUT2D eigenvalue weighted by atomic mass is 32.1. The van der Waals surface area contributed by atoms with Crippen molar-refractivity contribution in [1.82, 2.24) is 4.98 Å². The maximum absolute atomic E-state index is 10.7. The largest absolute Gasteiger partial charge is 0.476 e. The number of hydrogen-bond acceptors (Lipinski definition) is 5. The van der Waals surface area contributed by atoms with Crippen molar-refractivity contribution in [3.63, 3.8) is 0 Å². The number of carboxylic acids is 1. The van der Waals surface area contributed by atoms with Gasteiger partial charge in [-0.05, 0) is 19.3 Å². The summed E-state index contributed by atoms with van der Waals surface area (Å²) in [5.74, 6) is -1.06. The van der Waals surface area contributed by atoms with Crippen molar-refractivity contribution >= 4 is 22.3 Å². The molecule has 0 saturated carbocycles. The molecule has 88 valence electrons. The summed E-state index contributed by atoms with van der Waals surface area (Å²) < 4.78 is 5.49. The quantitative estimate of drug-likeness (QED) is 0.836. The smallest absolute Gasteiger partial charge is 0.357 e. The van der Waals surface area contributed by atoms with Gasteiger partial charge in [-0.2, -0.15) is 0 Å². The van der Waals surface area contributed by atoms with E-state index in [4.69, 9.17) is 15.6 Å². The molecule has 0 spiro atoms. The van der Waals surface area contributed by atoms with Crippen LogP contribution in [0, 0.1) is 0 Å². The maximum atomic E-state index is 10.7. The number of aryl methyl sites for hydroxylation is 1. The minimum atomic E-state index is -1.06. The molecular weight excluding hydrogens is 228 g/mol. The van der Waals surface area contributed by atoms with Crippen LogP contribution in [0.2, 0.25) is 0 Å². The van der Waals surface area contributed by atoms with Crippen molar-refractivity contribution in [2.24, 2.45) is 0 Å². The Balaban J connectivity index is 1.94. The Morgan fingerprint density at radius 3 is 3.06 bits per heavy atom. The lowest BCUT2D eigenvalue weighted by atomic mass is 10.1. The SMILES string of the molecule is Nc1sc(CCC2CCCO2)nc1C(=O)O. The van der Waals surface area contributed by atoms with Crippen LogP contribution in [0.15, 0.2) is 0 Å². The second kappa shape index (κ2) is 4.80. The first-order valence-electron chi connectivity index (χ1n) is 5.27. The first kappa shape index (κ1) is 11.3. The zero-order valence-electron chi connectivity index (χ0n) is 8.81. The number of hydrogen-bond donors (Lipinski definition) is 2. The van der Waals surface area contributed by atoms with Crippen molar-refractivity contribution in [3.05, 3.63) is 10.7 Å². The molecule has 1 aliphatic heterocycles. The first-order chi connectivity index (χ1) is 7.66. The predicted molar refractivity (Wildman–Crippen MR) is 60.8 cm³/mol. The molecule has 2 rings (SSSR count). The van der Waals surface area contributed by atoms with Gasteiger partial charge in [-0.1, -0.05) is 0 Å². The fraction of sp³-hybridized carbons (Fsp3) is 0.600. The van der Waals surface area contributed by atoms with E-state index in [0.29, 0.717) is 6.10 Å². The summed E-state index contributed by atoms with van der Waals surface area (Å²) in [6, 6.07) is 0. The van der Waals surface area contributed by atoms with Gasteiger partial charge < -0.3 is 15.6 Å². The van der Waals surface area contributed by atoms with Gasteiger partial charge in [0.2, 0.25) is 0 Å². The predicted octanol–water partition coefficient (Wildman–Crippen LogP) is 1.54. The van der Waals surface area contributed by atoms with Gasteiger partial charge in [-0.3, -0.25) is 0 Å². The molecule has 1 fully saturated rings. The van der Waals surface area contributed by atoms with Crippen molar-refractivity contribution < 1.29 is 14.6 Å². The molecule has 0 amide bonds. The van der Waals surface area contributed by atoms with Crippen LogP contribution in [-0.2, 0) is 11.2 Å². The van der Waals surface area contributed by atoms with E-state index >= 15 is 0 Å². The lowest BCUT2D eigenvalue weighted by molar-refractivity contribution is 0.0692. The van der Waals surface area contributed by atoms with Gasteiger partial charge in [0.15, 0.2) is 5.69 Å². The third kappa shape index (κ3) is 2.51. The van der Waals surface area contributed by atoms with Crippen LogP contribution in [0.5, 0.6) is 0 Å². The Kier molecular flexibility index (Phi) is 3.40. The molecule has 1 saturated heterocycles. The van der Waals surface area contributed by atoms with Gasteiger partial charge >= 0.3 is 5.97 Å². The molecule has 1 atom stereocenters. The summed E-state index contributed by atoms with van der Waals surface area (Å²) in [5, 5.41) is 9.87. The van der Waals surface area contributed by atoms with E-state index in [1.807, 2.05) is 0 Å². The number of aromatic carboxylic acids is 1. The van der Waals surface area contributed by atoms with Gasteiger partial charge in [0, 0.05) is 13.0 Å². The average Bonchev–Trinajstić information content (AvgIpc) is 2.83. The Morgan fingerprint density at radius 1 is 1.69 bits per heavy atom. The Hall–Kier alpha value is -1.14. The number of nitrogen functional groups attached to an aromatic ring is 1. The molecule has 6 heteroatoms. The summed E-state index contributed by atoms with van der Waals surface area (Å²) >= 11 is 1.26. The molecule has 0 bridgehead atoms. The zero-order valence-corrected chi connectivity index (χ0v) is 9.63. The van der Waals surface area contributed by atoms with E-state index in [1.54, 1.807) is 0 Å². The van der Waals surface area contributed by atoms with Crippen molar-refractivity contribution in [1.29, 1.82) is 0 Å². The van der Waals surface area contributed by atoms with E-state index in [1.165, 1.54) is 11.3 Å². The minimum Gasteiger partial charge on any atom is -0.476 e. The van der Waals surface area contributed by atoms with E-state index in [-0.39, 0.29) is 10.7 Å². The molecule has 16 heavy (non-hydrogen) atoms. The third-order valence-electron chi connectivity index (χ3n) is 2.60. The summed E-state index contributed by atoms with van der Waals surface area (Å²) in [6.07, 6.45) is 4.15. The molecule has 0 aromatic carbocycles.